The second kappa shape index (κ2) is 8.53. The third-order valence-electron chi connectivity index (χ3n) is 5.12. The van der Waals surface area contributed by atoms with E-state index in [0.717, 1.165) is 0 Å². The monoisotopic (exact) mass is 476 g/mol. The molecule has 3 aromatic rings. The fourth-order valence-electron chi connectivity index (χ4n) is 3.59. The van der Waals surface area contributed by atoms with Crippen molar-refractivity contribution in [3.8, 4) is 0 Å². The first-order chi connectivity index (χ1) is 12.2. The second-order valence-electron chi connectivity index (χ2n) is 6.90. The standard InChI is InChI=1S/C22H25N2S.HI/c1-17-7-6-8-20-22(17)25-21(23(20)2)14-11-18-9-12-19(13-10-18)24-15-4-3-5-16-24;/h6-14H,3-5,15-16H2,1-2H3;1H/q+1;/p-1. The van der Waals surface area contributed by atoms with Crippen molar-refractivity contribution in [3.63, 3.8) is 0 Å². The molecule has 1 saturated heterocycles. The van der Waals surface area contributed by atoms with Gasteiger partial charge in [0.1, 0.15) is 11.7 Å². The quantitative estimate of drug-likeness (QED) is 0.416. The SMILES string of the molecule is Cc1cccc2c1sc(C=Cc1ccc(N3CCCCC3)cc1)[n+]2C.[I-]. The zero-order valence-corrected chi connectivity index (χ0v) is 18.4. The molecule has 2 nitrogen and oxygen atoms in total. The van der Waals surface area contributed by atoms with E-state index in [0.29, 0.717) is 0 Å². The van der Waals surface area contributed by atoms with Crippen LogP contribution in [0, 0.1) is 6.92 Å². The summed E-state index contributed by atoms with van der Waals surface area (Å²) in [5.74, 6) is 0. The molecule has 26 heavy (non-hydrogen) atoms. The van der Waals surface area contributed by atoms with Crippen LogP contribution < -0.4 is 33.4 Å². The summed E-state index contributed by atoms with van der Waals surface area (Å²) < 4.78 is 3.66. The molecular formula is C22H25IN2S. The molecule has 0 aliphatic carbocycles. The average molecular weight is 476 g/mol. The van der Waals surface area contributed by atoms with Crippen molar-refractivity contribution in [2.75, 3.05) is 18.0 Å². The van der Waals surface area contributed by atoms with Gasteiger partial charge in [0.05, 0.1) is 0 Å². The molecule has 4 rings (SSSR count). The lowest BCUT2D eigenvalue weighted by Gasteiger charge is -2.28. The van der Waals surface area contributed by atoms with Crippen LogP contribution >= 0.6 is 11.3 Å². The van der Waals surface area contributed by atoms with Gasteiger partial charge in [-0.05, 0) is 55.5 Å². The molecule has 0 atom stereocenters. The molecule has 1 aliphatic heterocycles. The maximum atomic E-state index is 2.51. The van der Waals surface area contributed by atoms with Crippen molar-refractivity contribution >= 4 is 39.4 Å². The maximum Gasteiger partial charge on any atom is 0.262 e. The molecule has 2 heterocycles. The number of piperidine rings is 1. The van der Waals surface area contributed by atoms with Gasteiger partial charge in [0, 0.05) is 30.9 Å². The van der Waals surface area contributed by atoms with E-state index in [9.17, 15) is 0 Å². The third-order valence-corrected chi connectivity index (χ3v) is 6.48. The number of hydrogen-bond donors (Lipinski definition) is 0. The number of nitrogens with zero attached hydrogens (tertiary/aromatic N) is 2. The van der Waals surface area contributed by atoms with Crippen LogP contribution in [0.1, 0.15) is 35.4 Å². The van der Waals surface area contributed by atoms with Crippen LogP contribution in [0.2, 0.25) is 0 Å². The number of halogens is 1. The first-order valence-corrected chi connectivity index (χ1v) is 9.95. The summed E-state index contributed by atoms with van der Waals surface area (Å²) in [6.45, 7) is 4.59. The summed E-state index contributed by atoms with van der Waals surface area (Å²) >= 11 is 1.86. The number of thiazole rings is 1. The highest BCUT2D eigenvalue weighted by Gasteiger charge is 2.15. The third kappa shape index (κ3) is 3.96. The zero-order chi connectivity index (χ0) is 17.2. The van der Waals surface area contributed by atoms with Gasteiger partial charge in [-0.3, -0.25) is 0 Å². The van der Waals surface area contributed by atoms with Gasteiger partial charge in [0.25, 0.3) is 5.01 Å². The highest BCUT2D eigenvalue weighted by molar-refractivity contribution is 7.19. The van der Waals surface area contributed by atoms with E-state index < -0.39 is 0 Å². The Hall–Kier alpha value is -1.40. The Morgan fingerprint density at radius 2 is 1.69 bits per heavy atom. The van der Waals surface area contributed by atoms with Crippen LogP contribution in [0.3, 0.4) is 0 Å². The molecule has 0 radical (unpaired) electrons. The highest BCUT2D eigenvalue weighted by atomic mass is 127. The number of hydrogen-bond acceptors (Lipinski definition) is 2. The molecule has 0 unspecified atom stereocenters. The van der Waals surface area contributed by atoms with Gasteiger partial charge in [0.2, 0.25) is 5.52 Å². The molecule has 1 aromatic heterocycles. The number of fused-ring (bicyclic) bond motifs is 1. The number of benzene rings is 2. The fraction of sp³-hybridized carbons (Fsp3) is 0.318. The normalized spacial score (nSPS) is 14.8. The Balaban J connectivity index is 0.00000196. The first-order valence-electron chi connectivity index (χ1n) is 9.13. The van der Waals surface area contributed by atoms with Crippen molar-refractivity contribution in [1.82, 2.24) is 0 Å². The van der Waals surface area contributed by atoms with Crippen LogP contribution in [0.25, 0.3) is 22.4 Å². The summed E-state index contributed by atoms with van der Waals surface area (Å²) in [5.41, 5.74) is 5.28. The first kappa shape index (κ1) is 19.4. The summed E-state index contributed by atoms with van der Waals surface area (Å²) in [6.07, 6.45) is 8.48. The molecule has 136 valence electrons. The Kier molecular flexibility index (Phi) is 6.35. The van der Waals surface area contributed by atoms with Crippen LogP contribution in [0.5, 0.6) is 0 Å². The van der Waals surface area contributed by atoms with Gasteiger partial charge in [-0.2, -0.15) is 4.57 Å². The number of rotatable bonds is 3. The minimum Gasteiger partial charge on any atom is -1.00 e. The van der Waals surface area contributed by atoms with Crippen molar-refractivity contribution in [1.29, 1.82) is 0 Å². The van der Waals surface area contributed by atoms with Gasteiger partial charge in [-0.1, -0.05) is 35.6 Å². The lowest BCUT2D eigenvalue weighted by Crippen LogP contribution is -3.00. The van der Waals surface area contributed by atoms with E-state index >= 15 is 0 Å². The fourth-order valence-corrected chi connectivity index (χ4v) is 4.71. The molecule has 0 saturated carbocycles. The summed E-state index contributed by atoms with van der Waals surface area (Å²) in [5, 5.41) is 1.28. The molecule has 4 heteroatoms. The maximum absolute atomic E-state index is 2.51. The van der Waals surface area contributed by atoms with Crippen LogP contribution in [0.4, 0.5) is 5.69 Å². The number of aryl methyl sites for hydroxylation is 2. The molecule has 0 N–H and O–H groups in total. The van der Waals surface area contributed by atoms with Crippen molar-refractivity contribution in [2.45, 2.75) is 26.2 Å². The molecule has 1 aliphatic rings. The lowest BCUT2D eigenvalue weighted by molar-refractivity contribution is -0.642. The Labute approximate surface area is 177 Å². The van der Waals surface area contributed by atoms with Gasteiger partial charge in [-0.25, -0.2) is 0 Å². The predicted octanol–water partition coefficient (Wildman–Crippen LogP) is 2.20. The molecule has 2 aromatic carbocycles. The largest absolute Gasteiger partial charge is 1.00 e. The molecule has 0 spiro atoms. The topological polar surface area (TPSA) is 7.12 Å². The van der Waals surface area contributed by atoms with Gasteiger partial charge in [-0.15, -0.1) is 0 Å². The Morgan fingerprint density at radius 1 is 0.962 bits per heavy atom. The Bertz CT molecular complexity index is 906. The molecule has 0 amide bonds. The van der Waals surface area contributed by atoms with Gasteiger partial charge >= 0.3 is 0 Å². The van der Waals surface area contributed by atoms with Crippen molar-refractivity contribution < 1.29 is 28.5 Å². The van der Waals surface area contributed by atoms with E-state index in [1.807, 2.05) is 11.3 Å². The number of aromatic nitrogens is 1. The van der Waals surface area contributed by atoms with E-state index in [1.54, 1.807) is 0 Å². The molecule has 1 fully saturated rings. The average Bonchev–Trinajstić information content (AvgIpc) is 2.99. The van der Waals surface area contributed by atoms with Gasteiger partial charge in [0.15, 0.2) is 0 Å². The van der Waals surface area contributed by atoms with Crippen molar-refractivity contribution in [3.05, 3.63) is 58.6 Å². The van der Waals surface area contributed by atoms with E-state index in [1.165, 1.54) is 64.4 Å². The van der Waals surface area contributed by atoms with E-state index in [-0.39, 0.29) is 24.0 Å². The summed E-state index contributed by atoms with van der Waals surface area (Å²) in [6, 6.07) is 15.5. The summed E-state index contributed by atoms with van der Waals surface area (Å²) in [7, 11) is 2.15. The van der Waals surface area contributed by atoms with Gasteiger partial charge < -0.3 is 28.9 Å². The zero-order valence-electron chi connectivity index (χ0n) is 15.4. The summed E-state index contributed by atoms with van der Waals surface area (Å²) in [4.78, 5) is 2.51. The second-order valence-corrected chi connectivity index (χ2v) is 7.93. The Morgan fingerprint density at radius 3 is 2.38 bits per heavy atom. The molecular weight excluding hydrogens is 451 g/mol. The lowest BCUT2D eigenvalue weighted by atomic mass is 10.1. The minimum absolute atomic E-state index is 0. The highest BCUT2D eigenvalue weighted by Crippen LogP contribution is 2.25. The van der Waals surface area contributed by atoms with Crippen LogP contribution in [-0.4, -0.2) is 13.1 Å². The van der Waals surface area contributed by atoms with E-state index in [2.05, 4.69) is 78.1 Å². The predicted molar refractivity (Wildman–Crippen MR) is 109 cm³/mol. The van der Waals surface area contributed by atoms with Crippen LogP contribution in [-0.2, 0) is 7.05 Å². The minimum atomic E-state index is 0. The molecule has 0 bridgehead atoms. The smallest absolute Gasteiger partial charge is 0.262 e. The van der Waals surface area contributed by atoms with E-state index in [4.69, 9.17) is 0 Å². The van der Waals surface area contributed by atoms with Crippen LogP contribution in [0.15, 0.2) is 42.5 Å². The van der Waals surface area contributed by atoms with Crippen molar-refractivity contribution in [2.24, 2.45) is 7.05 Å². The number of anilines is 1.